The number of nitrogens with zero attached hydrogens (tertiary/aromatic N) is 1. The van der Waals surface area contributed by atoms with E-state index in [0.717, 1.165) is 5.56 Å². The minimum Gasteiger partial charge on any atom is -0.360 e. The second kappa shape index (κ2) is 9.28. The molecule has 2 aromatic carbocycles. The van der Waals surface area contributed by atoms with Crippen LogP contribution < -0.4 is 5.32 Å². The van der Waals surface area contributed by atoms with Crippen molar-refractivity contribution in [3.63, 3.8) is 0 Å². The van der Waals surface area contributed by atoms with Gasteiger partial charge in [0.1, 0.15) is 11.5 Å². The van der Waals surface area contributed by atoms with Crippen LogP contribution in [0.15, 0.2) is 53.1 Å². The predicted octanol–water partition coefficient (Wildman–Crippen LogP) is 5.72. The molecule has 5 nitrogen and oxygen atoms in total. The van der Waals surface area contributed by atoms with Crippen LogP contribution in [0.3, 0.4) is 0 Å². The molecule has 0 saturated carbocycles. The summed E-state index contributed by atoms with van der Waals surface area (Å²) in [5, 5.41) is 7.84. The van der Waals surface area contributed by atoms with Crippen LogP contribution >= 0.6 is 35.0 Å². The number of anilines is 1. The Morgan fingerprint density at radius 1 is 1.14 bits per heavy atom. The van der Waals surface area contributed by atoms with Crippen LogP contribution in [-0.4, -0.2) is 22.6 Å². The van der Waals surface area contributed by atoms with Gasteiger partial charge >= 0.3 is 0 Å². The van der Waals surface area contributed by atoms with E-state index in [0.29, 0.717) is 38.5 Å². The van der Waals surface area contributed by atoms with Gasteiger partial charge in [-0.2, -0.15) is 0 Å². The number of carbonyl (C=O) groups excluding carboxylic acids is 2. The van der Waals surface area contributed by atoms with Crippen molar-refractivity contribution in [3.05, 3.63) is 69.9 Å². The van der Waals surface area contributed by atoms with Crippen molar-refractivity contribution in [3.8, 4) is 11.3 Å². The Kier molecular flexibility index (Phi) is 6.78. The Balaban J connectivity index is 1.53. The van der Waals surface area contributed by atoms with Crippen molar-refractivity contribution < 1.29 is 14.1 Å². The first-order valence-corrected chi connectivity index (χ1v) is 10.2. The number of rotatable bonds is 7. The van der Waals surface area contributed by atoms with Crippen LogP contribution in [-0.2, 0) is 10.5 Å². The third-order valence-corrected chi connectivity index (χ3v) is 5.30. The number of amides is 1. The molecule has 144 valence electrons. The van der Waals surface area contributed by atoms with Gasteiger partial charge in [0.25, 0.3) is 0 Å². The summed E-state index contributed by atoms with van der Waals surface area (Å²) < 4.78 is 5.31. The van der Waals surface area contributed by atoms with Gasteiger partial charge < -0.3 is 9.84 Å². The summed E-state index contributed by atoms with van der Waals surface area (Å²) >= 11 is 13.5. The Morgan fingerprint density at radius 2 is 1.96 bits per heavy atom. The number of benzene rings is 2. The summed E-state index contributed by atoms with van der Waals surface area (Å²) in [6.45, 7) is 1.49. The van der Waals surface area contributed by atoms with Crippen molar-refractivity contribution in [2.24, 2.45) is 0 Å². The maximum atomic E-state index is 12.1. The molecule has 8 heteroatoms. The number of hydrogen-bond acceptors (Lipinski definition) is 5. The zero-order chi connectivity index (χ0) is 20.1. The van der Waals surface area contributed by atoms with Gasteiger partial charge in [-0.1, -0.05) is 40.5 Å². The first kappa shape index (κ1) is 20.5. The topological polar surface area (TPSA) is 72.2 Å². The van der Waals surface area contributed by atoms with Gasteiger partial charge in [0.2, 0.25) is 5.91 Å². The molecule has 0 radical (unpaired) electrons. The number of Topliss-reactive ketones (excluding diaryl/α,β-unsaturated/α-hetero) is 1. The molecule has 28 heavy (non-hydrogen) atoms. The lowest BCUT2D eigenvalue weighted by molar-refractivity contribution is -0.113. The fourth-order valence-electron chi connectivity index (χ4n) is 2.46. The molecule has 1 amide bonds. The maximum Gasteiger partial charge on any atom is 0.234 e. The second-order valence-electron chi connectivity index (χ2n) is 5.98. The number of ketones is 1. The monoisotopic (exact) mass is 434 g/mol. The Labute approximate surface area is 176 Å². The maximum absolute atomic E-state index is 12.1. The molecule has 3 aromatic rings. The van der Waals surface area contributed by atoms with Gasteiger partial charge in [-0.05, 0) is 37.3 Å². The molecule has 0 aliphatic carbocycles. The minimum absolute atomic E-state index is 0.0487. The molecular formula is C20H16Cl2N2O3S. The highest BCUT2D eigenvalue weighted by atomic mass is 35.5. The lowest BCUT2D eigenvalue weighted by atomic mass is 10.1. The number of nitrogens with one attached hydrogen (secondary N) is 1. The quantitative estimate of drug-likeness (QED) is 0.481. The molecule has 1 heterocycles. The Hall–Kier alpha value is -2.28. The van der Waals surface area contributed by atoms with E-state index in [2.05, 4.69) is 10.5 Å². The van der Waals surface area contributed by atoms with Crippen LogP contribution in [0.4, 0.5) is 5.69 Å². The summed E-state index contributed by atoms with van der Waals surface area (Å²) in [5.74, 6) is 1.15. The van der Waals surface area contributed by atoms with Crippen molar-refractivity contribution in [1.82, 2.24) is 5.16 Å². The molecule has 0 atom stereocenters. The van der Waals surface area contributed by atoms with E-state index in [9.17, 15) is 9.59 Å². The average molecular weight is 435 g/mol. The summed E-state index contributed by atoms with van der Waals surface area (Å²) in [5.41, 5.74) is 2.50. The Bertz CT molecular complexity index is 1020. The molecule has 0 unspecified atom stereocenters. The van der Waals surface area contributed by atoms with Crippen molar-refractivity contribution in [2.45, 2.75) is 12.7 Å². The second-order valence-corrected chi connectivity index (χ2v) is 7.81. The van der Waals surface area contributed by atoms with E-state index in [4.69, 9.17) is 27.7 Å². The van der Waals surface area contributed by atoms with Crippen molar-refractivity contribution >= 4 is 52.3 Å². The fraction of sp³-hybridized carbons (Fsp3) is 0.150. The summed E-state index contributed by atoms with van der Waals surface area (Å²) in [6, 6.07) is 13.8. The molecule has 1 aromatic heterocycles. The van der Waals surface area contributed by atoms with Gasteiger partial charge in [-0.25, -0.2) is 0 Å². The lowest BCUT2D eigenvalue weighted by Gasteiger charge is -2.05. The number of thioether (sulfide) groups is 1. The van der Waals surface area contributed by atoms with E-state index in [1.807, 2.05) is 0 Å². The lowest BCUT2D eigenvalue weighted by Crippen LogP contribution is -2.14. The number of hydrogen-bond donors (Lipinski definition) is 1. The summed E-state index contributed by atoms with van der Waals surface area (Å²) in [6.07, 6.45) is 0. The van der Waals surface area contributed by atoms with Crippen LogP contribution in [0, 0.1) is 0 Å². The Morgan fingerprint density at radius 3 is 2.71 bits per heavy atom. The fourth-order valence-corrected chi connectivity index (χ4v) is 3.66. The van der Waals surface area contributed by atoms with Crippen molar-refractivity contribution in [2.75, 3.05) is 11.1 Å². The smallest absolute Gasteiger partial charge is 0.234 e. The van der Waals surface area contributed by atoms with E-state index >= 15 is 0 Å². The van der Waals surface area contributed by atoms with E-state index in [-0.39, 0.29) is 17.4 Å². The molecular weight excluding hydrogens is 419 g/mol. The summed E-state index contributed by atoms with van der Waals surface area (Å²) in [4.78, 5) is 23.5. The largest absolute Gasteiger partial charge is 0.360 e. The number of aromatic nitrogens is 1. The van der Waals surface area contributed by atoms with E-state index in [1.165, 1.54) is 18.7 Å². The normalized spacial score (nSPS) is 10.7. The van der Waals surface area contributed by atoms with Crippen LogP contribution in [0.2, 0.25) is 10.0 Å². The first-order chi connectivity index (χ1) is 13.4. The third kappa shape index (κ3) is 5.38. The SMILES string of the molecule is CC(=O)c1cccc(NC(=O)CSCc2cc(-c3ccc(Cl)cc3Cl)no2)c1. The standard InChI is InChI=1S/C20H16Cl2N2O3S/c1-12(25)13-3-2-4-15(7-13)23-20(26)11-28-10-16-9-19(24-27-16)17-6-5-14(21)8-18(17)22/h2-9H,10-11H2,1H3,(H,23,26). The molecule has 0 fully saturated rings. The van der Waals surface area contributed by atoms with Crippen LogP contribution in [0.25, 0.3) is 11.3 Å². The highest BCUT2D eigenvalue weighted by Crippen LogP contribution is 2.30. The molecule has 3 rings (SSSR count). The zero-order valence-corrected chi connectivity index (χ0v) is 17.2. The van der Waals surface area contributed by atoms with Crippen LogP contribution in [0.5, 0.6) is 0 Å². The van der Waals surface area contributed by atoms with Gasteiger partial charge in [0, 0.05) is 27.9 Å². The molecule has 1 N–H and O–H groups in total. The third-order valence-electron chi connectivity index (χ3n) is 3.80. The molecule has 0 saturated heterocycles. The number of carbonyl (C=O) groups is 2. The van der Waals surface area contributed by atoms with Gasteiger partial charge in [0.15, 0.2) is 5.78 Å². The van der Waals surface area contributed by atoms with E-state index < -0.39 is 0 Å². The highest BCUT2D eigenvalue weighted by Gasteiger charge is 2.11. The molecule has 0 bridgehead atoms. The van der Waals surface area contributed by atoms with Gasteiger partial charge in [-0.15, -0.1) is 11.8 Å². The molecule has 0 aliphatic heterocycles. The van der Waals surface area contributed by atoms with Crippen molar-refractivity contribution in [1.29, 1.82) is 0 Å². The summed E-state index contributed by atoms with van der Waals surface area (Å²) in [7, 11) is 0. The number of halogens is 2. The minimum atomic E-state index is -0.161. The molecule has 0 spiro atoms. The highest BCUT2D eigenvalue weighted by molar-refractivity contribution is 7.99. The molecule has 0 aliphatic rings. The van der Waals surface area contributed by atoms with Crippen LogP contribution in [0.1, 0.15) is 23.0 Å². The first-order valence-electron chi connectivity index (χ1n) is 8.32. The predicted molar refractivity (Wildman–Crippen MR) is 113 cm³/mol. The zero-order valence-electron chi connectivity index (χ0n) is 14.9. The van der Waals surface area contributed by atoms with E-state index in [1.54, 1.807) is 48.5 Å². The van der Waals surface area contributed by atoms with Gasteiger partial charge in [-0.3, -0.25) is 9.59 Å². The van der Waals surface area contributed by atoms with Gasteiger partial charge in [0.05, 0.1) is 16.5 Å². The average Bonchev–Trinajstić information content (AvgIpc) is 3.10.